The lowest BCUT2D eigenvalue weighted by molar-refractivity contribution is 0.738. The zero-order valence-corrected chi connectivity index (χ0v) is 12.3. The van der Waals surface area contributed by atoms with Crippen LogP contribution in [0.5, 0.6) is 0 Å². The van der Waals surface area contributed by atoms with Gasteiger partial charge in [-0.25, -0.2) is 0 Å². The van der Waals surface area contributed by atoms with Crippen molar-refractivity contribution in [1.29, 1.82) is 0 Å². The van der Waals surface area contributed by atoms with Crippen molar-refractivity contribution in [2.75, 3.05) is 18.0 Å². The van der Waals surface area contributed by atoms with Crippen LogP contribution in [0.2, 0.25) is 5.02 Å². The van der Waals surface area contributed by atoms with E-state index in [9.17, 15) is 0 Å². The van der Waals surface area contributed by atoms with Crippen molar-refractivity contribution in [3.8, 4) is 0 Å². The van der Waals surface area contributed by atoms with Crippen molar-refractivity contribution < 1.29 is 0 Å². The van der Waals surface area contributed by atoms with E-state index in [1.165, 1.54) is 21.7 Å². The zero-order valence-electron chi connectivity index (χ0n) is 10.7. The average molecular weight is 293 g/mol. The van der Waals surface area contributed by atoms with Crippen LogP contribution in [-0.4, -0.2) is 13.1 Å². The molecule has 2 N–H and O–H groups in total. The maximum absolute atomic E-state index is 6.42. The molecule has 4 heteroatoms. The number of fused-ring (bicyclic) bond motifs is 1. The lowest BCUT2D eigenvalue weighted by Gasteiger charge is -2.31. The molecule has 0 unspecified atom stereocenters. The molecule has 1 aliphatic rings. The van der Waals surface area contributed by atoms with E-state index < -0.39 is 0 Å². The van der Waals surface area contributed by atoms with Gasteiger partial charge in [-0.05, 0) is 48.0 Å². The summed E-state index contributed by atoms with van der Waals surface area (Å²) in [7, 11) is 0. The van der Waals surface area contributed by atoms with Gasteiger partial charge in [-0.1, -0.05) is 23.7 Å². The fourth-order valence-electron chi connectivity index (χ4n) is 2.71. The Morgan fingerprint density at radius 1 is 1.32 bits per heavy atom. The van der Waals surface area contributed by atoms with Gasteiger partial charge in [-0.15, -0.1) is 11.3 Å². The van der Waals surface area contributed by atoms with Crippen LogP contribution in [0.4, 0.5) is 5.69 Å². The molecule has 2 heterocycles. The van der Waals surface area contributed by atoms with E-state index in [2.05, 4.69) is 22.4 Å². The second-order valence-electron chi connectivity index (χ2n) is 4.83. The number of para-hydroxylation sites is 1. The summed E-state index contributed by atoms with van der Waals surface area (Å²) in [5, 5.41) is 3.02. The van der Waals surface area contributed by atoms with E-state index in [-0.39, 0.29) is 0 Å². The van der Waals surface area contributed by atoms with Crippen LogP contribution in [0.15, 0.2) is 29.6 Å². The summed E-state index contributed by atoms with van der Waals surface area (Å²) < 4.78 is 0. The van der Waals surface area contributed by atoms with Crippen LogP contribution in [0.1, 0.15) is 16.0 Å². The summed E-state index contributed by atoms with van der Waals surface area (Å²) in [6, 6.07) is 8.35. The van der Waals surface area contributed by atoms with E-state index in [0.29, 0.717) is 6.54 Å². The number of nitrogens with zero attached hydrogens (tertiary/aromatic N) is 1. The van der Waals surface area contributed by atoms with Crippen LogP contribution >= 0.6 is 22.9 Å². The summed E-state index contributed by atoms with van der Waals surface area (Å²) in [5.74, 6) is 0. The average Bonchev–Trinajstić information content (AvgIpc) is 2.86. The lowest BCUT2D eigenvalue weighted by atomic mass is 10.0. The Hall–Kier alpha value is -1.03. The molecule has 1 aromatic carbocycles. The zero-order chi connectivity index (χ0) is 13.2. The van der Waals surface area contributed by atoms with E-state index in [1.54, 1.807) is 0 Å². The predicted molar refractivity (Wildman–Crippen MR) is 83.3 cm³/mol. The van der Waals surface area contributed by atoms with Gasteiger partial charge in [0.1, 0.15) is 0 Å². The molecule has 0 aliphatic carbocycles. The van der Waals surface area contributed by atoms with Gasteiger partial charge in [0.05, 0.1) is 10.7 Å². The highest BCUT2D eigenvalue weighted by Gasteiger charge is 2.21. The Kier molecular flexibility index (Phi) is 3.78. The largest absolute Gasteiger partial charge is 0.365 e. The van der Waals surface area contributed by atoms with Crippen molar-refractivity contribution in [3.05, 3.63) is 50.7 Å². The maximum Gasteiger partial charge on any atom is 0.0642 e. The third-order valence-electron chi connectivity index (χ3n) is 3.61. The summed E-state index contributed by atoms with van der Waals surface area (Å²) >= 11 is 8.28. The van der Waals surface area contributed by atoms with Gasteiger partial charge in [0, 0.05) is 18.0 Å². The molecule has 0 amide bonds. The molecule has 19 heavy (non-hydrogen) atoms. The summed E-state index contributed by atoms with van der Waals surface area (Å²) in [6.45, 7) is 2.65. The molecular weight excluding hydrogens is 276 g/mol. The molecule has 1 aliphatic heterocycles. The van der Waals surface area contributed by atoms with E-state index in [4.69, 9.17) is 17.3 Å². The summed E-state index contributed by atoms with van der Waals surface area (Å²) in [4.78, 5) is 3.91. The molecule has 0 spiro atoms. The van der Waals surface area contributed by atoms with Crippen molar-refractivity contribution in [2.24, 2.45) is 5.73 Å². The lowest BCUT2D eigenvalue weighted by Crippen LogP contribution is -2.30. The second kappa shape index (κ2) is 5.53. The fourth-order valence-corrected chi connectivity index (χ4v) is 3.91. The monoisotopic (exact) mass is 292 g/mol. The fraction of sp³-hybridized carbons (Fsp3) is 0.333. The van der Waals surface area contributed by atoms with Crippen LogP contribution < -0.4 is 10.6 Å². The predicted octanol–water partition coefficient (Wildman–Crippen LogP) is 3.47. The quantitative estimate of drug-likeness (QED) is 0.939. The number of rotatable bonds is 3. The Morgan fingerprint density at radius 3 is 3.05 bits per heavy atom. The van der Waals surface area contributed by atoms with Gasteiger partial charge < -0.3 is 10.6 Å². The highest BCUT2D eigenvalue weighted by atomic mass is 35.5. The molecule has 2 aromatic rings. The topological polar surface area (TPSA) is 29.3 Å². The maximum atomic E-state index is 6.42. The molecule has 0 saturated heterocycles. The van der Waals surface area contributed by atoms with Crippen molar-refractivity contribution in [3.63, 3.8) is 0 Å². The Balaban J connectivity index is 1.95. The van der Waals surface area contributed by atoms with Gasteiger partial charge in [0.15, 0.2) is 0 Å². The van der Waals surface area contributed by atoms with Crippen LogP contribution in [0.25, 0.3) is 0 Å². The molecular formula is C15H17ClN2S. The highest BCUT2D eigenvalue weighted by molar-refractivity contribution is 7.10. The highest BCUT2D eigenvalue weighted by Crippen LogP contribution is 2.34. The number of anilines is 1. The van der Waals surface area contributed by atoms with Gasteiger partial charge in [0.2, 0.25) is 0 Å². The Bertz CT molecular complexity index is 579. The number of halogens is 1. The number of benzene rings is 1. The first-order valence-corrected chi connectivity index (χ1v) is 7.83. The molecule has 100 valence electrons. The van der Waals surface area contributed by atoms with Crippen molar-refractivity contribution in [1.82, 2.24) is 0 Å². The first-order valence-electron chi connectivity index (χ1n) is 6.57. The molecule has 0 radical (unpaired) electrons. The number of hydrogen-bond acceptors (Lipinski definition) is 3. The molecule has 0 bridgehead atoms. The van der Waals surface area contributed by atoms with Crippen LogP contribution in [-0.2, 0) is 19.4 Å². The van der Waals surface area contributed by atoms with Gasteiger partial charge >= 0.3 is 0 Å². The summed E-state index contributed by atoms with van der Waals surface area (Å²) in [5.41, 5.74) is 9.58. The van der Waals surface area contributed by atoms with Crippen molar-refractivity contribution >= 4 is 28.6 Å². The Morgan fingerprint density at radius 2 is 2.21 bits per heavy atom. The molecule has 0 fully saturated rings. The molecule has 1 aromatic heterocycles. The second-order valence-corrected chi connectivity index (χ2v) is 6.23. The molecule has 2 nitrogen and oxygen atoms in total. The molecule has 0 atom stereocenters. The van der Waals surface area contributed by atoms with Gasteiger partial charge in [-0.3, -0.25) is 0 Å². The minimum Gasteiger partial charge on any atom is -0.365 e. The van der Waals surface area contributed by atoms with E-state index in [0.717, 1.165) is 31.0 Å². The van der Waals surface area contributed by atoms with E-state index >= 15 is 0 Å². The third-order valence-corrected chi connectivity index (χ3v) is 4.94. The minimum atomic E-state index is 0.658. The van der Waals surface area contributed by atoms with Gasteiger partial charge in [0.25, 0.3) is 0 Å². The normalized spacial score (nSPS) is 14.5. The number of hydrogen-bond donors (Lipinski definition) is 1. The Labute approximate surface area is 122 Å². The number of nitrogens with two attached hydrogens (primary N) is 1. The SMILES string of the molecule is NCCc1cccc(Cl)c1N1CCc2sccc2C1. The van der Waals surface area contributed by atoms with Crippen LogP contribution in [0.3, 0.4) is 0 Å². The van der Waals surface area contributed by atoms with Crippen LogP contribution in [0, 0.1) is 0 Å². The van der Waals surface area contributed by atoms with Gasteiger partial charge in [-0.2, -0.15) is 0 Å². The first kappa shape index (κ1) is 13.0. The minimum absolute atomic E-state index is 0.658. The summed E-state index contributed by atoms with van der Waals surface area (Å²) in [6.07, 6.45) is 1.99. The number of thiophene rings is 1. The smallest absolute Gasteiger partial charge is 0.0642 e. The molecule has 0 saturated carbocycles. The van der Waals surface area contributed by atoms with Crippen molar-refractivity contribution in [2.45, 2.75) is 19.4 Å². The standard InChI is InChI=1S/C15H17ClN2S/c16-13-3-1-2-11(4-7-17)15(13)18-8-5-14-12(10-18)6-9-19-14/h1-3,6,9H,4-5,7-8,10,17H2. The van der Waals surface area contributed by atoms with E-state index in [1.807, 2.05) is 23.5 Å². The first-order chi connectivity index (χ1) is 9.29. The molecule has 3 rings (SSSR count). The third kappa shape index (κ3) is 2.50.